The van der Waals surface area contributed by atoms with Crippen LogP contribution in [0.2, 0.25) is 0 Å². The van der Waals surface area contributed by atoms with E-state index in [1.807, 2.05) is 30.9 Å². The fourth-order valence-electron chi connectivity index (χ4n) is 3.73. The summed E-state index contributed by atoms with van der Waals surface area (Å²) in [7, 11) is 0. The van der Waals surface area contributed by atoms with E-state index in [0.717, 1.165) is 25.9 Å². The Bertz CT molecular complexity index is 544. The molecule has 1 aliphatic carbocycles. The number of carbonyl (C=O) groups is 2. The summed E-state index contributed by atoms with van der Waals surface area (Å²) in [6.45, 7) is 5.49. The monoisotopic (exact) mass is 301 g/mol. The van der Waals surface area contributed by atoms with E-state index in [1.165, 1.54) is 0 Å². The molecule has 22 heavy (non-hydrogen) atoms. The number of hydrogen-bond acceptors (Lipinski definition) is 3. The Balaban J connectivity index is 1.58. The molecule has 2 fully saturated rings. The van der Waals surface area contributed by atoms with E-state index >= 15 is 0 Å². The lowest BCUT2D eigenvalue weighted by atomic mass is 10.0. The third-order valence-corrected chi connectivity index (χ3v) is 4.72. The molecule has 2 aliphatic rings. The van der Waals surface area contributed by atoms with Gasteiger partial charge < -0.3 is 10.2 Å². The molecule has 5 heteroatoms. The molecule has 1 unspecified atom stereocenters. The van der Waals surface area contributed by atoms with Gasteiger partial charge in [-0.05, 0) is 50.7 Å². The van der Waals surface area contributed by atoms with Crippen molar-refractivity contribution < 1.29 is 9.59 Å². The summed E-state index contributed by atoms with van der Waals surface area (Å²) >= 11 is 0. The molecule has 1 aliphatic heterocycles. The van der Waals surface area contributed by atoms with Crippen LogP contribution in [0.1, 0.15) is 37.2 Å². The lowest BCUT2D eigenvalue weighted by Gasteiger charge is -2.19. The summed E-state index contributed by atoms with van der Waals surface area (Å²) in [6, 6.07) is 5.60. The van der Waals surface area contributed by atoms with Crippen LogP contribution in [0.15, 0.2) is 24.4 Å². The van der Waals surface area contributed by atoms with E-state index < -0.39 is 0 Å². The zero-order valence-corrected chi connectivity index (χ0v) is 13.2. The molecule has 5 nitrogen and oxygen atoms in total. The second kappa shape index (κ2) is 6.07. The average molecular weight is 301 g/mol. The number of hydrogen-bond donors (Lipinski definition) is 1. The summed E-state index contributed by atoms with van der Waals surface area (Å²) in [6.07, 6.45) is 3.45. The van der Waals surface area contributed by atoms with Crippen molar-refractivity contribution in [1.82, 2.24) is 15.2 Å². The molecule has 2 amide bonds. The van der Waals surface area contributed by atoms with Crippen molar-refractivity contribution >= 4 is 11.8 Å². The molecular formula is C17H23N3O2. The smallest absolute Gasteiger partial charge is 0.272 e. The van der Waals surface area contributed by atoms with Gasteiger partial charge in [0.05, 0.1) is 0 Å². The molecular weight excluding hydrogens is 278 g/mol. The summed E-state index contributed by atoms with van der Waals surface area (Å²) in [4.78, 5) is 30.6. The fourth-order valence-corrected chi connectivity index (χ4v) is 3.73. The van der Waals surface area contributed by atoms with Crippen LogP contribution in [0.3, 0.4) is 0 Å². The zero-order valence-electron chi connectivity index (χ0n) is 13.2. The summed E-state index contributed by atoms with van der Waals surface area (Å²) < 4.78 is 0. The summed E-state index contributed by atoms with van der Waals surface area (Å²) in [5.41, 5.74) is 0.511. The number of pyridine rings is 1. The van der Waals surface area contributed by atoms with E-state index in [4.69, 9.17) is 0 Å². The Morgan fingerprint density at radius 1 is 1.23 bits per heavy atom. The molecule has 1 saturated heterocycles. The Hall–Kier alpha value is -1.91. The van der Waals surface area contributed by atoms with Crippen LogP contribution in [-0.4, -0.2) is 40.8 Å². The van der Waals surface area contributed by atoms with Crippen molar-refractivity contribution in [3.05, 3.63) is 30.1 Å². The van der Waals surface area contributed by atoms with Gasteiger partial charge in [0, 0.05) is 31.2 Å². The highest BCUT2D eigenvalue weighted by Gasteiger charge is 2.44. The van der Waals surface area contributed by atoms with E-state index in [0.29, 0.717) is 17.5 Å². The maximum atomic E-state index is 12.4. The molecule has 0 radical (unpaired) electrons. The number of rotatable bonds is 3. The molecule has 1 aromatic heterocycles. The van der Waals surface area contributed by atoms with Gasteiger partial charge in [-0.15, -0.1) is 0 Å². The SMILES string of the molecule is CC(C)NC(=O)C1C[C@@H]2CN(C(=O)c3ccccn3)C[C@@H]2C1. The van der Waals surface area contributed by atoms with Crippen molar-refractivity contribution in [2.24, 2.45) is 17.8 Å². The average Bonchev–Trinajstić information content (AvgIpc) is 3.05. The van der Waals surface area contributed by atoms with Crippen molar-refractivity contribution in [2.75, 3.05) is 13.1 Å². The van der Waals surface area contributed by atoms with Crippen LogP contribution in [0.4, 0.5) is 0 Å². The minimum Gasteiger partial charge on any atom is -0.354 e. The van der Waals surface area contributed by atoms with E-state index in [1.54, 1.807) is 12.3 Å². The predicted molar refractivity (Wildman–Crippen MR) is 83.1 cm³/mol. The zero-order chi connectivity index (χ0) is 15.7. The third-order valence-electron chi connectivity index (χ3n) is 4.72. The van der Waals surface area contributed by atoms with E-state index in [-0.39, 0.29) is 23.8 Å². The summed E-state index contributed by atoms with van der Waals surface area (Å²) in [5.74, 6) is 1.21. The number of nitrogens with zero attached hydrogens (tertiary/aromatic N) is 2. The number of amides is 2. The van der Waals surface area contributed by atoms with Crippen LogP contribution in [-0.2, 0) is 4.79 Å². The van der Waals surface area contributed by atoms with E-state index in [9.17, 15) is 9.59 Å². The van der Waals surface area contributed by atoms with Gasteiger partial charge in [0.25, 0.3) is 5.91 Å². The van der Waals surface area contributed by atoms with Crippen LogP contribution < -0.4 is 5.32 Å². The topological polar surface area (TPSA) is 62.3 Å². The Labute approximate surface area is 131 Å². The standard InChI is InChI=1S/C17H23N3O2/c1-11(2)19-16(21)12-7-13-9-20(10-14(13)8-12)17(22)15-5-3-4-6-18-15/h3-6,11-14H,7-10H2,1-2H3,(H,19,21)/t12?,13-,14+. The molecule has 1 N–H and O–H groups in total. The van der Waals surface area contributed by atoms with Gasteiger partial charge in [0.2, 0.25) is 5.91 Å². The van der Waals surface area contributed by atoms with Gasteiger partial charge in [-0.2, -0.15) is 0 Å². The van der Waals surface area contributed by atoms with Crippen molar-refractivity contribution in [1.29, 1.82) is 0 Å². The second-order valence-electron chi connectivity index (χ2n) is 6.78. The Morgan fingerprint density at radius 2 is 1.91 bits per heavy atom. The molecule has 2 heterocycles. The predicted octanol–water partition coefficient (Wildman–Crippen LogP) is 1.70. The van der Waals surface area contributed by atoms with Gasteiger partial charge >= 0.3 is 0 Å². The molecule has 1 aromatic rings. The molecule has 1 saturated carbocycles. The van der Waals surface area contributed by atoms with Gasteiger partial charge in [-0.3, -0.25) is 14.6 Å². The maximum absolute atomic E-state index is 12.4. The first-order valence-electron chi connectivity index (χ1n) is 8.05. The van der Waals surface area contributed by atoms with Crippen LogP contribution in [0, 0.1) is 17.8 Å². The minimum atomic E-state index is 0.0122. The first-order valence-corrected chi connectivity index (χ1v) is 8.05. The number of likely N-dealkylation sites (tertiary alicyclic amines) is 1. The van der Waals surface area contributed by atoms with Gasteiger partial charge in [-0.25, -0.2) is 0 Å². The summed E-state index contributed by atoms with van der Waals surface area (Å²) in [5, 5.41) is 3.00. The second-order valence-corrected chi connectivity index (χ2v) is 6.78. The number of fused-ring (bicyclic) bond motifs is 1. The molecule has 118 valence electrons. The van der Waals surface area contributed by atoms with Gasteiger partial charge in [0.15, 0.2) is 0 Å². The minimum absolute atomic E-state index is 0.0122. The molecule has 3 atom stereocenters. The highest BCUT2D eigenvalue weighted by atomic mass is 16.2. The van der Waals surface area contributed by atoms with Crippen molar-refractivity contribution in [3.8, 4) is 0 Å². The number of nitrogens with one attached hydrogen (secondary N) is 1. The van der Waals surface area contributed by atoms with Gasteiger partial charge in [-0.1, -0.05) is 6.07 Å². The van der Waals surface area contributed by atoms with Crippen molar-refractivity contribution in [3.63, 3.8) is 0 Å². The van der Waals surface area contributed by atoms with Crippen LogP contribution in [0.5, 0.6) is 0 Å². The lowest BCUT2D eigenvalue weighted by molar-refractivity contribution is -0.125. The quantitative estimate of drug-likeness (QED) is 0.924. The van der Waals surface area contributed by atoms with Crippen molar-refractivity contribution in [2.45, 2.75) is 32.7 Å². The van der Waals surface area contributed by atoms with Crippen LogP contribution in [0.25, 0.3) is 0 Å². The molecule has 0 aromatic carbocycles. The maximum Gasteiger partial charge on any atom is 0.272 e. The largest absolute Gasteiger partial charge is 0.354 e. The number of aromatic nitrogens is 1. The number of carbonyl (C=O) groups excluding carboxylic acids is 2. The third kappa shape index (κ3) is 2.98. The molecule has 0 spiro atoms. The lowest BCUT2D eigenvalue weighted by Crippen LogP contribution is -2.36. The molecule has 3 rings (SSSR count). The van der Waals surface area contributed by atoms with Gasteiger partial charge in [0.1, 0.15) is 5.69 Å². The Morgan fingerprint density at radius 3 is 2.45 bits per heavy atom. The first kappa shape index (κ1) is 15.0. The highest BCUT2D eigenvalue weighted by molar-refractivity contribution is 5.92. The van der Waals surface area contributed by atoms with E-state index in [2.05, 4.69) is 10.3 Å². The fraction of sp³-hybridized carbons (Fsp3) is 0.588. The molecule has 0 bridgehead atoms. The normalized spacial score (nSPS) is 27.0. The first-order chi connectivity index (χ1) is 10.5. The highest BCUT2D eigenvalue weighted by Crippen LogP contribution is 2.41. The van der Waals surface area contributed by atoms with Crippen LogP contribution >= 0.6 is 0 Å². The Kier molecular flexibility index (Phi) is 4.14.